The summed E-state index contributed by atoms with van der Waals surface area (Å²) in [5.41, 5.74) is -0.516. The molecule has 0 aliphatic heterocycles. The van der Waals surface area contributed by atoms with Crippen molar-refractivity contribution in [2.45, 2.75) is 26.4 Å². The number of halogens is 1. The third kappa shape index (κ3) is 8.05. The molecule has 0 saturated heterocycles. The van der Waals surface area contributed by atoms with E-state index in [2.05, 4.69) is 5.32 Å². The van der Waals surface area contributed by atoms with Crippen LogP contribution in [0.2, 0.25) is 0 Å². The van der Waals surface area contributed by atoms with Gasteiger partial charge in [-0.05, 0) is 32.4 Å². The number of nitrogens with zero attached hydrogens (tertiary/aromatic N) is 1. The monoisotopic (exact) mass is 236 g/mol. The van der Waals surface area contributed by atoms with Crippen LogP contribution in [0.25, 0.3) is 0 Å². The number of hydrogen-bond donors (Lipinski definition) is 1. The van der Waals surface area contributed by atoms with E-state index in [0.29, 0.717) is 13.1 Å². The molecule has 0 rings (SSSR count). The molecule has 0 unspecified atom stereocenters. The predicted octanol–water partition coefficient (Wildman–Crippen LogP) is 1.80. The van der Waals surface area contributed by atoms with Crippen molar-refractivity contribution in [2.75, 3.05) is 20.1 Å². The molecule has 0 radical (unpaired) electrons. The number of carbonyl (C=O) groups excluding carboxylic acids is 2. The van der Waals surface area contributed by atoms with E-state index in [9.17, 15) is 9.59 Å². The Morgan fingerprint density at radius 2 is 1.93 bits per heavy atom. The quantitative estimate of drug-likeness (QED) is 0.601. The molecule has 15 heavy (non-hydrogen) atoms. The van der Waals surface area contributed by atoms with Crippen LogP contribution in [-0.2, 0) is 4.74 Å². The molecule has 0 aliphatic carbocycles. The van der Waals surface area contributed by atoms with Gasteiger partial charge < -0.3 is 15.0 Å². The minimum atomic E-state index is -0.555. The fourth-order valence-corrected chi connectivity index (χ4v) is 0.812. The lowest BCUT2D eigenvalue weighted by Gasteiger charge is -2.20. The van der Waals surface area contributed by atoms with Gasteiger partial charge in [0, 0.05) is 20.1 Å². The Hall–Kier alpha value is -0.970. The molecule has 0 aromatic rings. The van der Waals surface area contributed by atoms with E-state index in [4.69, 9.17) is 16.3 Å². The van der Waals surface area contributed by atoms with Crippen LogP contribution >= 0.6 is 11.6 Å². The molecule has 0 bridgehead atoms. The molecule has 0 saturated carbocycles. The first kappa shape index (κ1) is 14.0. The number of ether oxygens (including phenoxy) is 1. The smallest absolute Gasteiger partial charge is 0.407 e. The summed E-state index contributed by atoms with van der Waals surface area (Å²) in [7, 11) is 1.55. The third-order valence-electron chi connectivity index (χ3n) is 1.42. The van der Waals surface area contributed by atoms with Crippen molar-refractivity contribution < 1.29 is 14.3 Å². The number of amides is 2. The van der Waals surface area contributed by atoms with E-state index in [1.165, 1.54) is 4.90 Å². The molecular weight excluding hydrogens is 220 g/mol. The molecule has 0 fully saturated rings. The van der Waals surface area contributed by atoms with Gasteiger partial charge in [-0.15, -0.1) is 0 Å². The van der Waals surface area contributed by atoms with Gasteiger partial charge >= 0.3 is 11.5 Å². The Balaban J connectivity index is 3.69. The Kier molecular flexibility index (Phi) is 5.43. The van der Waals surface area contributed by atoms with Gasteiger partial charge in [0.25, 0.3) is 0 Å². The molecule has 0 atom stereocenters. The van der Waals surface area contributed by atoms with E-state index in [0.717, 1.165) is 0 Å². The van der Waals surface area contributed by atoms with Gasteiger partial charge in [0.05, 0.1) is 0 Å². The van der Waals surface area contributed by atoms with Crippen LogP contribution in [0.4, 0.5) is 9.59 Å². The van der Waals surface area contributed by atoms with Gasteiger partial charge in [0.1, 0.15) is 5.60 Å². The highest BCUT2D eigenvalue weighted by Crippen LogP contribution is 2.06. The molecule has 0 spiro atoms. The minimum Gasteiger partial charge on any atom is -0.444 e. The maximum absolute atomic E-state index is 11.1. The molecule has 5 nitrogen and oxygen atoms in total. The first-order chi connectivity index (χ1) is 6.72. The molecule has 88 valence electrons. The summed E-state index contributed by atoms with van der Waals surface area (Å²) in [6, 6.07) is 0. The summed E-state index contributed by atoms with van der Waals surface area (Å²) in [6.45, 7) is 5.99. The number of rotatable bonds is 3. The van der Waals surface area contributed by atoms with Crippen LogP contribution < -0.4 is 5.32 Å². The van der Waals surface area contributed by atoms with Crippen molar-refractivity contribution in [2.24, 2.45) is 0 Å². The summed E-state index contributed by atoms with van der Waals surface area (Å²) >= 11 is 5.19. The van der Waals surface area contributed by atoms with Gasteiger partial charge in [0.15, 0.2) is 0 Å². The molecular formula is C9H17ClN2O3. The van der Waals surface area contributed by atoms with Gasteiger partial charge in [-0.25, -0.2) is 4.79 Å². The van der Waals surface area contributed by atoms with Crippen LogP contribution in [0.1, 0.15) is 20.8 Å². The number of nitrogens with one attached hydrogen (secondary N) is 1. The highest BCUT2D eigenvalue weighted by molar-refractivity contribution is 6.62. The SMILES string of the molecule is CN(CCNC(=O)OC(C)(C)C)C(=O)Cl. The van der Waals surface area contributed by atoms with Gasteiger partial charge in [-0.2, -0.15) is 0 Å². The lowest BCUT2D eigenvalue weighted by Crippen LogP contribution is -2.37. The molecule has 6 heteroatoms. The molecule has 0 aromatic carbocycles. The number of alkyl carbamates (subject to hydrolysis) is 1. The van der Waals surface area contributed by atoms with E-state index in [1.54, 1.807) is 27.8 Å². The lowest BCUT2D eigenvalue weighted by molar-refractivity contribution is 0.0525. The average Bonchev–Trinajstić information content (AvgIpc) is 2.00. The van der Waals surface area contributed by atoms with Crippen molar-refractivity contribution in [3.8, 4) is 0 Å². The first-order valence-electron chi connectivity index (χ1n) is 4.60. The maximum atomic E-state index is 11.1. The van der Waals surface area contributed by atoms with Gasteiger partial charge in [0.2, 0.25) is 0 Å². The highest BCUT2D eigenvalue weighted by Gasteiger charge is 2.15. The number of likely N-dealkylation sites (N-methyl/N-ethyl adjacent to an activating group) is 1. The second-order valence-electron chi connectivity index (χ2n) is 4.10. The summed E-state index contributed by atoms with van der Waals surface area (Å²) in [5.74, 6) is 0. The normalized spacial score (nSPS) is 10.7. The first-order valence-corrected chi connectivity index (χ1v) is 4.97. The van der Waals surface area contributed by atoms with Gasteiger partial charge in [-0.1, -0.05) is 0 Å². The molecule has 0 heterocycles. The largest absolute Gasteiger partial charge is 0.444 e. The topological polar surface area (TPSA) is 58.6 Å². The number of carbonyl (C=O) groups is 2. The lowest BCUT2D eigenvalue weighted by atomic mass is 10.2. The van der Waals surface area contributed by atoms with Crippen molar-refractivity contribution in [3.05, 3.63) is 0 Å². The molecule has 0 aromatic heterocycles. The summed E-state index contributed by atoms with van der Waals surface area (Å²) < 4.78 is 4.99. The molecule has 1 N–H and O–H groups in total. The van der Waals surface area contributed by atoms with Crippen LogP contribution in [0.15, 0.2) is 0 Å². The van der Waals surface area contributed by atoms with E-state index in [-0.39, 0.29) is 0 Å². The van der Waals surface area contributed by atoms with Crippen LogP contribution in [-0.4, -0.2) is 42.1 Å². The zero-order valence-corrected chi connectivity index (χ0v) is 10.2. The van der Waals surface area contributed by atoms with E-state index >= 15 is 0 Å². The fraction of sp³-hybridized carbons (Fsp3) is 0.778. The standard InChI is InChI=1S/C9H17ClN2O3/c1-9(2,3)15-8(14)11-5-6-12(4)7(10)13/h5-6H2,1-4H3,(H,11,14). The summed E-state index contributed by atoms with van der Waals surface area (Å²) in [6.07, 6.45) is -0.502. The zero-order valence-electron chi connectivity index (χ0n) is 9.46. The minimum absolute atomic E-state index is 0.309. The van der Waals surface area contributed by atoms with Crippen molar-refractivity contribution in [1.29, 1.82) is 0 Å². The van der Waals surface area contributed by atoms with Gasteiger partial charge in [-0.3, -0.25) is 4.79 Å². The Bertz CT molecular complexity index is 238. The van der Waals surface area contributed by atoms with Crippen molar-refractivity contribution >= 4 is 23.1 Å². The second kappa shape index (κ2) is 5.80. The van der Waals surface area contributed by atoms with E-state index < -0.39 is 17.1 Å². The second-order valence-corrected chi connectivity index (χ2v) is 4.43. The number of hydrogen-bond acceptors (Lipinski definition) is 3. The Morgan fingerprint density at radius 3 is 2.33 bits per heavy atom. The zero-order chi connectivity index (χ0) is 12.1. The summed E-state index contributed by atoms with van der Waals surface area (Å²) in [4.78, 5) is 23.0. The summed E-state index contributed by atoms with van der Waals surface area (Å²) in [5, 5.41) is 1.96. The van der Waals surface area contributed by atoms with E-state index in [1.807, 2.05) is 0 Å². The molecule has 0 aliphatic rings. The Morgan fingerprint density at radius 1 is 1.40 bits per heavy atom. The van der Waals surface area contributed by atoms with Crippen LogP contribution in [0.5, 0.6) is 0 Å². The molecule has 2 amide bonds. The fourth-order valence-electron chi connectivity index (χ4n) is 0.728. The average molecular weight is 237 g/mol. The predicted molar refractivity (Wildman–Crippen MR) is 58.1 cm³/mol. The maximum Gasteiger partial charge on any atom is 0.407 e. The van der Waals surface area contributed by atoms with Crippen LogP contribution in [0.3, 0.4) is 0 Å². The van der Waals surface area contributed by atoms with Crippen molar-refractivity contribution in [3.63, 3.8) is 0 Å². The highest BCUT2D eigenvalue weighted by atomic mass is 35.5. The third-order valence-corrected chi connectivity index (χ3v) is 1.70. The Labute approximate surface area is 94.7 Å². The van der Waals surface area contributed by atoms with Crippen LogP contribution in [0, 0.1) is 0 Å². The van der Waals surface area contributed by atoms with Crippen molar-refractivity contribution in [1.82, 2.24) is 10.2 Å².